The smallest absolute Gasteiger partial charge is 0.243 e. The molecule has 0 aliphatic carbocycles. The average molecular weight is 351 g/mol. The average Bonchev–Trinajstić information content (AvgIpc) is 3.00. The molecule has 1 aliphatic heterocycles. The van der Waals surface area contributed by atoms with E-state index in [1.807, 2.05) is 36.2 Å². The third-order valence-corrected chi connectivity index (χ3v) is 4.54. The molecule has 0 atom stereocenters. The van der Waals surface area contributed by atoms with Gasteiger partial charge in [-0.3, -0.25) is 9.59 Å². The molecular formula is C21H25N3O2. The molecule has 1 fully saturated rings. The van der Waals surface area contributed by atoms with Crippen LogP contribution in [0.25, 0.3) is 0 Å². The normalized spacial score (nSPS) is 13.8. The van der Waals surface area contributed by atoms with Gasteiger partial charge in [0.1, 0.15) is 0 Å². The number of amides is 2. The van der Waals surface area contributed by atoms with Gasteiger partial charge in [-0.05, 0) is 61.7 Å². The van der Waals surface area contributed by atoms with Crippen LogP contribution in [0.1, 0.15) is 24.0 Å². The summed E-state index contributed by atoms with van der Waals surface area (Å²) in [4.78, 5) is 28.0. The largest absolute Gasteiger partial charge is 0.365 e. The first-order valence-corrected chi connectivity index (χ1v) is 8.92. The highest BCUT2D eigenvalue weighted by atomic mass is 16.2. The van der Waals surface area contributed by atoms with E-state index in [9.17, 15) is 9.59 Å². The first-order chi connectivity index (χ1) is 12.4. The number of hydrogen-bond acceptors (Lipinski definition) is 3. The van der Waals surface area contributed by atoms with Crippen LogP contribution in [-0.4, -0.2) is 32.0 Å². The van der Waals surface area contributed by atoms with Gasteiger partial charge in [-0.1, -0.05) is 12.1 Å². The molecule has 1 aliphatic rings. The molecule has 3 rings (SSSR count). The van der Waals surface area contributed by atoms with Crippen LogP contribution in [0.3, 0.4) is 0 Å². The number of aryl methyl sites for hydroxylation is 2. The summed E-state index contributed by atoms with van der Waals surface area (Å²) < 4.78 is 0. The van der Waals surface area contributed by atoms with Crippen molar-refractivity contribution in [3.63, 3.8) is 0 Å². The van der Waals surface area contributed by atoms with Crippen LogP contribution >= 0.6 is 0 Å². The third kappa shape index (κ3) is 4.23. The van der Waals surface area contributed by atoms with Crippen LogP contribution < -0.4 is 15.1 Å². The maximum Gasteiger partial charge on any atom is 0.243 e. The van der Waals surface area contributed by atoms with E-state index in [1.54, 1.807) is 4.90 Å². The number of anilines is 3. The van der Waals surface area contributed by atoms with E-state index in [0.717, 1.165) is 24.3 Å². The van der Waals surface area contributed by atoms with Gasteiger partial charge in [0.05, 0.1) is 6.54 Å². The molecule has 2 amide bonds. The third-order valence-electron chi connectivity index (χ3n) is 4.54. The number of carbonyl (C=O) groups excluding carboxylic acids is 2. The molecule has 0 unspecified atom stereocenters. The SMILES string of the molecule is Cc1cc(C)cc(N(C)CC(=O)Nc2cccc(N3CCCC3=O)c2)c1. The summed E-state index contributed by atoms with van der Waals surface area (Å²) in [5, 5.41) is 2.93. The topological polar surface area (TPSA) is 52.7 Å². The van der Waals surface area contributed by atoms with E-state index in [-0.39, 0.29) is 18.4 Å². The van der Waals surface area contributed by atoms with Gasteiger partial charge in [-0.2, -0.15) is 0 Å². The van der Waals surface area contributed by atoms with Crippen molar-refractivity contribution >= 4 is 28.9 Å². The Morgan fingerprint density at radius 1 is 1.15 bits per heavy atom. The van der Waals surface area contributed by atoms with Crippen molar-refractivity contribution in [2.45, 2.75) is 26.7 Å². The van der Waals surface area contributed by atoms with Crippen molar-refractivity contribution in [3.05, 3.63) is 53.6 Å². The van der Waals surface area contributed by atoms with Crippen LogP contribution in [0.2, 0.25) is 0 Å². The number of nitrogens with zero attached hydrogens (tertiary/aromatic N) is 2. The molecular weight excluding hydrogens is 326 g/mol. The quantitative estimate of drug-likeness (QED) is 0.897. The fraction of sp³-hybridized carbons (Fsp3) is 0.333. The van der Waals surface area contributed by atoms with Crippen molar-refractivity contribution < 1.29 is 9.59 Å². The van der Waals surface area contributed by atoms with Crippen LogP contribution in [0.4, 0.5) is 17.1 Å². The molecule has 0 saturated carbocycles. The molecule has 1 heterocycles. The maximum atomic E-state index is 12.4. The minimum atomic E-state index is -0.0865. The van der Waals surface area contributed by atoms with Gasteiger partial charge in [-0.15, -0.1) is 0 Å². The lowest BCUT2D eigenvalue weighted by atomic mass is 10.1. The van der Waals surface area contributed by atoms with Gasteiger partial charge in [-0.25, -0.2) is 0 Å². The predicted octanol–water partition coefficient (Wildman–Crippen LogP) is 3.51. The molecule has 26 heavy (non-hydrogen) atoms. The molecule has 136 valence electrons. The Hall–Kier alpha value is -2.82. The van der Waals surface area contributed by atoms with E-state index in [1.165, 1.54) is 11.1 Å². The number of rotatable bonds is 5. The molecule has 0 spiro atoms. The molecule has 0 aromatic heterocycles. The number of likely N-dealkylation sites (N-methyl/N-ethyl adjacent to an activating group) is 1. The Morgan fingerprint density at radius 2 is 1.88 bits per heavy atom. The van der Waals surface area contributed by atoms with Gasteiger partial charge in [0.2, 0.25) is 11.8 Å². The molecule has 0 radical (unpaired) electrons. The number of benzene rings is 2. The monoisotopic (exact) mass is 351 g/mol. The minimum absolute atomic E-state index is 0.0865. The van der Waals surface area contributed by atoms with E-state index in [0.29, 0.717) is 12.1 Å². The predicted molar refractivity (Wildman–Crippen MR) is 106 cm³/mol. The molecule has 1 saturated heterocycles. The summed E-state index contributed by atoms with van der Waals surface area (Å²) in [5.41, 5.74) is 4.92. The molecule has 2 aromatic carbocycles. The molecule has 5 nitrogen and oxygen atoms in total. The molecule has 1 N–H and O–H groups in total. The van der Waals surface area contributed by atoms with Crippen molar-refractivity contribution in [1.82, 2.24) is 0 Å². The van der Waals surface area contributed by atoms with E-state index in [2.05, 4.69) is 37.4 Å². The lowest BCUT2D eigenvalue weighted by Crippen LogP contribution is -2.30. The maximum absolute atomic E-state index is 12.4. The van der Waals surface area contributed by atoms with Crippen LogP contribution in [-0.2, 0) is 9.59 Å². The summed E-state index contributed by atoms with van der Waals surface area (Å²) in [7, 11) is 1.91. The van der Waals surface area contributed by atoms with E-state index < -0.39 is 0 Å². The molecule has 5 heteroatoms. The lowest BCUT2D eigenvalue weighted by Gasteiger charge is -2.20. The standard InChI is InChI=1S/C21H25N3O2/c1-15-10-16(2)12-19(11-15)23(3)14-20(25)22-17-6-4-7-18(13-17)24-9-5-8-21(24)26/h4,6-7,10-13H,5,8-9,14H2,1-3H3,(H,22,25). The highest BCUT2D eigenvalue weighted by Gasteiger charge is 2.21. The first-order valence-electron chi connectivity index (χ1n) is 8.92. The second kappa shape index (κ2) is 7.60. The fourth-order valence-electron chi connectivity index (χ4n) is 3.35. The van der Waals surface area contributed by atoms with E-state index in [4.69, 9.17) is 0 Å². The van der Waals surface area contributed by atoms with Gasteiger partial charge in [0.15, 0.2) is 0 Å². The summed E-state index contributed by atoms with van der Waals surface area (Å²) in [6.07, 6.45) is 1.48. The highest BCUT2D eigenvalue weighted by Crippen LogP contribution is 2.24. The first kappa shape index (κ1) is 18.0. The second-order valence-corrected chi connectivity index (χ2v) is 6.95. The van der Waals surface area contributed by atoms with E-state index >= 15 is 0 Å². The summed E-state index contributed by atoms with van der Waals surface area (Å²) in [6.45, 7) is 5.10. The zero-order valence-electron chi connectivity index (χ0n) is 15.6. The van der Waals surface area contributed by atoms with Crippen LogP contribution in [0, 0.1) is 13.8 Å². The van der Waals surface area contributed by atoms with Crippen molar-refractivity contribution in [2.75, 3.05) is 35.3 Å². The minimum Gasteiger partial charge on any atom is -0.365 e. The van der Waals surface area contributed by atoms with Crippen LogP contribution in [0.15, 0.2) is 42.5 Å². The van der Waals surface area contributed by atoms with Crippen molar-refractivity contribution in [2.24, 2.45) is 0 Å². The Balaban J connectivity index is 1.65. The number of nitrogens with one attached hydrogen (secondary N) is 1. The van der Waals surface area contributed by atoms with Gasteiger partial charge in [0, 0.05) is 37.1 Å². The number of hydrogen-bond donors (Lipinski definition) is 1. The lowest BCUT2D eigenvalue weighted by molar-refractivity contribution is -0.117. The summed E-state index contributed by atoms with van der Waals surface area (Å²) in [5.74, 6) is 0.0552. The van der Waals surface area contributed by atoms with Crippen LogP contribution in [0.5, 0.6) is 0 Å². The van der Waals surface area contributed by atoms with Gasteiger partial charge < -0.3 is 15.1 Å². The fourth-order valence-corrected chi connectivity index (χ4v) is 3.35. The van der Waals surface area contributed by atoms with Crippen molar-refractivity contribution in [1.29, 1.82) is 0 Å². The summed E-state index contributed by atoms with van der Waals surface area (Å²) >= 11 is 0. The number of carbonyl (C=O) groups is 2. The van der Waals surface area contributed by atoms with Crippen molar-refractivity contribution in [3.8, 4) is 0 Å². The van der Waals surface area contributed by atoms with Gasteiger partial charge in [0.25, 0.3) is 0 Å². The zero-order valence-corrected chi connectivity index (χ0v) is 15.6. The molecule has 0 bridgehead atoms. The second-order valence-electron chi connectivity index (χ2n) is 6.95. The Kier molecular flexibility index (Phi) is 5.26. The Labute approximate surface area is 154 Å². The van der Waals surface area contributed by atoms with Gasteiger partial charge >= 0.3 is 0 Å². The Bertz CT molecular complexity index is 812. The Morgan fingerprint density at radius 3 is 2.54 bits per heavy atom. The highest BCUT2D eigenvalue weighted by molar-refractivity contribution is 5.97. The molecule has 2 aromatic rings. The zero-order chi connectivity index (χ0) is 18.7. The summed E-state index contributed by atoms with van der Waals surface area (Å²) in [6, 6.07) is 13.7.